The SMILES string of the molecule is Cc1cnc(NC2CCC(C(=O)N[C@@H](C)c3ccccc3C(F)(F)F)CC2)nc1N(C)C. The molecular formula is C23H30F3N5O. The third-order valence-corrected chi connectivity index (χ3v) is 5.89. The Morgan fingerprint density at radius 2 is 1.81 bits per heavy atom. The van der Waals surface area contributed by atoms with Gasteiger partial charge in [-0.2, -0.15) is 18.2 Å². The normalized spacial score (nSPS) is 19.8. The van der Waals surface area contributed by atoms with Crippen LogP contribution < -0.4 is 15.5 Å². The van der Waals surface area contributed by atoms with Crippen molar-refractivity contribution in [1.29, 1.82) is 0 Å². The average Bonchev–Trinajstić information content (AvgIpc) is 2.74. The van der Waals surface area contributed by atoms with Crippen LogP contribution in [0, 0.1) is 12.8 Å². The van der Waals surface area contributed by atoms with Gasteiger partial charge in [0.05, 0.1) is 11.6 Å². The number of aromatic nitrogens is 2. The highest BCUT2D eigenvalue weighted by Gasteiger charge is 2.35. The van der Waals surface area contributed by atoms with Crippen LogP contribution in [-0.2, 0) is 11.0 Å². The first kappa shape index (κ1) is 23.8. The zero-order chi connectivity index (χ0) is 23.5. The molecule has 1 heterocycles. The molecule has 0 bridgehead atoms. The van der Waals surface area contributed by atoms with E-state index in [0.29, 0.717) is 18.8 Å². The lowest BCUT2D eigenvalue weighted by atomic mass is 9.85. The van der Waals surface area contributed by atoms with Crippen LogP contribution in [0.1, 0.15) is 55.3 Å². The molecule has 1 atom stereocenters. The van der Waals surface area contributed by atoms with Crippen molar-refractivity contribution < 1.29 is 18.0 Å². The number of hydrogen-bond donors (Lipinski definition) is 2. The first-order valence-corrected chi connectivity index (χ1v) is 10.8. The average molecular weight is 450 g/mol. The van der Waals surface area contributed by atoms with Gasteiger partial charge in [-0.25, -0.2) is 4.98 Å². The molecule has 32 heavy (non-hydrogen) atoms. The zero-order valence-electron chi connectivity index (χ0n) is 18.8. The van der Waals surface area contributed by atoms with Crippen LogP contribution in [0.15, 0.2) is 30.5 Å². The molecule has 1 aromatic heterocycles. The summed E-state index contributed by atoms with van der Waals surface area (Å²) in [6, 6.07) is 4.80. The number of alkyl halides is 3. The van der Waals surface area contributed by atoms with E-state index in [-0.39, 0.29) is 23.4 Å². The van der Waals surface area contributed by atoms with Crippen molar-refractivity contribution in [3.63, 3.8) is 0 Å². The molecule has 2 N–H and O–H groups in total. The van der Waals surface area contributed by atoms with Crippen LogP contribution in [0.5, 0.6) is 0 Å². The number of benzene rings is 1. The monoisotopic (exact) mass is 449 g/mol. The smallest absolute Gasteiger partial charge is 0.362 e. The van der Waals surface area contributed by atoms with Gasteiger partial charge in [0.1, 0.15) is 5.82 Å². The zero-order valence-corrected chi connectivity index (χ0v) is 18.8. The Morgan fingerprint density at radius 3 is 2.44 bits per heavy atom. The number of hydrogen-bond acceptors (Lipinski definition) is 5. The van der Waals surface area contributed by atoms with E-state index < -0.39 is 17.8 Å². The van der Waals surface area contributed by atoms with Crippen LogP contribution in [0.2, 0.25) is 0 Å². The Bertz CT molecular complexity index is 939. The third kappa shape index (κ3) is 5.69. The minimum atomic E-state index is -4.45. The van der Waals surface area contributed by atoms with Crippen LogP contribution in [0.25, 0.3) is 0 Å². The summed E-state index contributed by atoms with van der Waals surface area (Å²) in [7, 11) is 3.86. The molecule has 1 fully saturated rings. The molecule has 1 saturated carbocycles. The first-order chi connectivity index (χ1) is 15.1. The van der Waals surface area contributed by atoms with Crippen LogP contribution >= 0.6 is 0 Å². The van der Waals surface area contributed by atoms with Crippen LogP contribution in [-0.4, -0.2) is 36.0 Å². The van der Waals surface area contributed by atoms with Crippen molar-refractivity contribution in [2.75, 3.05) is 24.3 Å². The quantitative estimate of drug-likeness (QED) is 0.668. The highest BCUT2D eigenvalue weighted by atomic mass is 19.4. The number of rotatable bonds is 6. The fourth-order valence-electron chi connectivity index (χ4n) is 4.18. The second kappa shape index (κ2) is 9.75. The van der Waals surface area contributed by atoms with Gasteiger partial charge in [-0.3, -0.25) is 4.79 Å². The third-order valence-electron chi connectivity index (χ3n) is 5.89. The fraction of sp³-hybridized carbons (Fsp3) is 0.522. The highest BCUT2D eigenvalue weighted by molar-refractivity contribution is 5.79. The van der Waals surface area contributed by atoms with Crippen molar-refractivity contribution in [3.8, 4) is 0 Å². The van der Waals surface area contributed by atoms with Gasteiger partial charge in [-0.05, 0) is 51.2 Å². The molecule has 6 nitrogen and oxygen atoms in total. The van der Waals surface area contributed by atoms with E-state index in [4.69, 9.17) is 0 Å². The summed E-state index contributed by atoms with van der Waals surface area (Å²) >= 11 is 0. The van der Waals surface area contributed by atoms with E-state index in [1.54, 1.807) is 19.2 Å². The van der Waals surface area contributed by atoms with Gasteiger partial charge in [0.25, 0.3) is 0 Å². The molecule has 1 amide bonds. The standard InChI is InChI=1S/C23H30F3N5O/c1-14-13-27-22(30-20(14)31(3)4)29-17-11-9-16(10-12-17)21(32)28-15(2)18-7-5-6-8-19(18)23(24,25)26/h5-8,13,15-17H,9-12H2,1-4H3,(H,28,32)(H,27,29,30)/t15-,16?,17?/m0/s1. The molecule has 9 heteroatoms. The molecule has 0 aliphatic heterocycles. The molecule has 1 aromatic carbocycles. The van der Waals surface area contributed by atoms with Crippen LogP contribution in [0.4, 0.5) is 24.9 Å². The van der Waals surface area contributed by atoms with E-state index >= 15 is 0 Å². The summed E-state index contributed by atoms with van der Waals surface area (Å²) in [5.74, 6) is 0.993. The van der Waals surface area contributed by atoms with E-state index in [0.717, 1.165) is 30.3 Å². The molecule has 174 valence electrons. The van der Waals surface area contributed by atoms with Crippen molar-refractivity contribution >= 4 is 17.7 Å². The molecule has 0 saturated heterocycles. The lowest BCUT2D eigenvalue weighted by Gasteiger charge is -2.30. The largest absolute Gasteiger partial charge is 0.416 e. The van der Waals surface area contributed by atoms with Gasteiger partial charge in [0.15, 0.2) is 0 Å². The van der Waals surface area contributed by atoms with E-state index in [9.17, 15) is 18.0 Å². The summed E-state index contributed by atoms with van der Waals surface area (Å²) in [6.45, 7) is 3.55. The first-order valence-electron chi connectivity index (χ1n) is 10.8. The summed E-state index contributed by atoms with van der Waals surface area (Å²) in [6.07, 6.45) is 0.168. The van der Waals surface area contributed by atoms with Gasteiger partial charge >= 0.3 is 6.18 Å². The van der Waals surface area contributed by atoms with Crippen molar-refractivity contribution in [1.82, 2.24) is 15.3 Å². The molecular weight excluding hydrogens is 419 g/mol. The number of halogens is 3. The van der Waals surface area contributed by atoms with E-state index in [1.165, 1.54) is 12.1 Å². The van der Waals surface area contributed by atoms with E-state index in [2.05, 4.69) is 20.6 Å². The summed E-state index contributed by atoms with van der Waals surface area (Å²) < 4.78 is 39.8. The fourth-order valence-corrected chi connectivity index (χ4v) is 4.18. The Labute approximate surface area is 186 Å². The van der Waals surface area contributed by atoms with Gasteiger partial charge in [-0.15, -0.1) is 0 Å². The predicted octanol–water partition coefficient (Wildman–Crippen LogP) is 4.72. The molecule has 1 aliphatic rings. The van der Waals surface area contributed by atoms with Crippen molar-refractivity contribution in [2.45, 2.75) is 57.8 Å². The number of nitrogens with zero attached hydrogens (tertiary/aromatic N) is 3. The second-order valence-corrected chi connectivity index (χ2v) is 8.60. The summed E-state index contributed by atoms with van der Waals surface area (Å²) in [5.41, 5.74) is 0.356. The van der Waals surface area contributed by atoms with Crippen molar-refractivity contribution in [2.24, 2.45) is 5.92 Å². The molecule has 2 aromatic rings. The Balaban J connectivity index is 1.56. The number of carbonyl (C=O) groups excluding carboxylic acids is 1. The Morgan fingerprint density at radius 1 is 1.16 bits per heavy atom. The number of anilines is 2. The molecule has 3 rings (SSSR count). The van der Waals surface area contributed by atoms with Gasteiger partial charge in [-0.1, -0.05) is 18.2 Å². The predicted molar refractivity (Wildman–Crippen MR) is 118 cm³/mol. The van der Waals surface area contributed by atoms with Crippen LogP contribution in [0.3, 0.4) is 0 Å². The number of nitrogens with one attached hydrogen (secondary N) is 2. The minimum absolute atomic E-state index is 0.0805. The summed E-state index contributed by atoms with van der Waals surface area (Å²) in [4.78, 5) is 23.6. The lowest BCUT2D eigenvalue weighted by molar-refractivity contribution is -0.139. The van der Waals surface area contributed by atoms with E-state index in [1.807, 2.05) is 25.9 Å². The molecule has 1 aliphatic carbocycles. The topological polar surface area (TPSA) is 70.1 Å². The molecule has 0 unspecified atom stereocenters. The lowest BCUT2D eigenvalue weighted by Crippen LogP contribution is -2.37. The molecule has 0 radical (unpaired) electrons. The number of aryl methyl sites for hydroxylation is 1. The van der Waals surface area contributed by atoms with Gasteiger partial charge in [0, 0.05) is 37.8 Å². The van der Waals surface area contributed by atoms with Gasteiger partial charge in [0.2, 0.25) is 11.9 Å². The number of carbonyl (C=O) groups is 1. The maximum atomic E-state index is 13.3. The Hall–Kier alpha value is -2.84. The second-order valence-electron chi connectivity index (χ2n) is 8.60. The van der Waals surface area contributed by atoms with Crippen molar-refractivity contribution in [3.05, 3.63) is 47.2 Å². The maximum Gasteiger partial charge on any atom is 0.416 e. The minimum Gasteiger partial charge on any atom is -0.362 e. The molecule has 0 spiro atoms. The maximum absolute atomic E-state index is 13.3. The summed E-state index contributed by atoms with van der Waals surface area (Å²) in [5, 5.41) is 6.13. The Kier molecular flexibility index (Phi) is 7.26. The highest BCUT2D eigenvalue weighted by Crippen LogP contribution is 2.35. The van der Waals surface area contributed by atoms with Gasteiger partial charge < -0.3 is 15.5 Å². The number of amides is 1.